The predicted octanol–water partition coefficient (Wildman–Crippen LogP) is 4.95. The smallest absolute Gasteiger partial charge is 0.310 e. The molecule has 0 saturated heterocycles. The normalized spacial score (nSPS) is 17.8. The summed E-state index contributed by atoms with van der Waals surface area (Å²) >= 11 is 0. The lowest BCUT2D eigenvalue weighted by Gasteiger charge is -2.26. The minimum absolute atomic E-state index is 0.0973. The van der Waals surface area contributed by atoms with Gasteiger partial charge in [0.15, 0.2) is 0 Å². The van der Waals surface area contributed by atoms with E-state index in [-0.39, 0.29) is 12.5 Å². The molecule has 0 bridgehead atoms. The van der Waals surface area contributed by atoms with Gasteiger partial charge in [-0.15, -0.1) is 0 Å². The van der Waals surface area contributed by atoms with Crippen LogP contribution in [-0.4, -0.2) is 12.7 Å². The molecule has 0 heterocycles. The van der Waals surface area contributed by atoms with Gasteiger partial charge in [-0.1, -0.05) is 37.6 Å². The molecule has 2 rings (SSSR count). The summed E-state index contributed by atoms with van der Waals surface area (Å²) in [6, 6.07) is 7.92. The van der Waals surface area contributed by atoms with Gasteiger partial charge in [-0.3, -0.25) is 0 Å². The van der Waals surface area contributed by atoms with E-state index in [9.17, 15) is 13.2 Å². The van der Waals surface area contributed by atoms with Gasteiger partial charge in [0.2, 0.25) is 0 Å². The van der Waals surface area contributed by atoms with Crippen LogP contribution in [0, 0.1) is 0 Å². The van der Waals surface area contributed by atoms with Crippen LogP contribution in [0.3, 0.4) is 0 Å². The van der Waals surface area contributed by atoms with Crippen LogP contribution in [0.1, 0.15) is 62.1 Å². The lowest BCUT2D eigenvalue weighted by molar-refractivity contribution is -0.136. The Kier molecular flexibility index (Phi) is 5.08. The molecule has 1 aromatic carbocycles. The SMILES string of the molecule is CCNC(CCC(F)(F)F)c1ccc(C2CCC2)cc1. The fraction of sp³-hybridized carbons (Fsp3) is 0.625. The number of rotatable bonds is 6. The van der Waals surface area contributed by atoms with Gasteiger partial charge in [-0.25, -0.2) is 0 Å². The number of benzene rings is 1. The minimum atomic E-state index is -4.08. The molecule has 1 fully saturated rings. The molecule has 20 heavy (non-hydrogen) atoms. The number of alkyl halides is 3. The Morgan fingerprint density at radius 2 is 1.85 bits per heavy atom. The topological polar surface area (TPSA) is 12.0 Å². The molecule has 4 heteroatoms. The van der Waals surface area contributed by atoms with Crippen LogP contribution in [0.15, 0.2) is 24.3 Å². The van der Waals surface area contributed by atoms with E-state index in [1.165, 1.54) is 24.8 Å². The Hall–Kier alpha value is -1.03. The van der Waals surface area contributed by atoms with Crippen molar-refractivity contribution in [3.8, 4) is 0 Å². The average Bonchev–Trinajstić information content (AvgIpc) is 2.32. The first-order valence-corrected chi connectivity index (χ1v) is 7.39. The molecule has 0 amide bonds. The molecule has 0 spiro atoms. The molecule has 1 aromatic rings. The molecule has 1 N–H and O–H groups in total. The zero-order chi connectivity index (χ0) is 14.6. The van der Waals surface area contributed by atoms with E-state index in [0.717, 1.165) is 5.56 Å². The molecule has 1 atom stereocenters. The fourth-order valence-electron chi connectivity index (χ4n) is 2.68. The third-order valence-corrected chi connectivity index (χ3v) is 4.08. The van der Waals surface area contributed by atoms with Gasteiger partial charge < -0.3 is 5.32 Å². The Balaban J connectivity index is 2.00. The molecule has 1 saturated carbocycles. The number of hydrogen-bond acceptors (Lipinski definition) is 1. The second-order valence-electron chi connectivity index (χ2n) is 5.56. The van der Waals surface area contributed by atoms with E-state index < -0.39 is 12.6 Å². The van der Waals surface area contributed by atoms with E-state index in [2.05, 4.69) is 17.4 Å². The van der Waals surface area contributed by atoms with Gasteiger partial charge in [0.1, 0.15) is 0 Å². The lowest BCUT2D eigenvalue weighted by Crippen LogP contribution is -2.23. The van der Waals surface area contributed by atoms with Crippen molar-refractivity contribution < 1.29 is 13.2 Å². The molecule has 1 unspecified atom stereocenters. The maximum Gasteiger partial charge on any atom is 0.389 e. The van der Waals surface area contributed by atoms with Crippen LogP contribution in [0.5, 0.6) is 0 Å². The molecular weight excluding hydrogens is 263 g/mol. The quantitative estimate of drug-likeness (QED) is 0.780. The standard InChI is InChI=1S/C16H22F3N/c1-2-20-15(10-11-16(17,18)19)14-8-6-13(7-9-14)12-4-3-5-12/h6-9,12,15,20H,2-5,10-11H2,1H3. The minimum Gasteiger partial charge on any atom is -0.310 e. The molecule has 1 nitrogen and oxygen atoms in total. The maximum absolute atomic E-state index is 12.4. The Bertz CT molecular complexity index is 407. The van der Waals surface area contributed by atoms with Crippen molar-refractivity contribution >= 4 is 0 Å². The third-order valence-electron chi connectivity index (χ3n) is 4.08. The summed E-state index contributed by atoms with van der Waals surface area (Å²) < 4.78 is 37.1. The fourth-order valence-corrected chi connectivity index (χ4v) is 2.68. The summed E-state index contributed by atoms with van der Waals surface area (Å²) in [6.07, 6.45) is -0.958. The van der Waals surface area contributed by atoms with Gasteiger partial charge in [0.05, 0.1) is 0 Å². The number of nitrogens with one attached hydrogen (secondary N) is 1. The largest absolute Gasteiger partial charge is 0.389 e. The highest BCUT2D eigenvalue weighted by molar-refractivity contribution is 5.28. The average molecular weight is 285 g/mol. The van der Waals surface area contributed by atoms with Crippen molar-refractivity contribution in [2.75, 3.05) is 6.54 Å². The zero-order valence-corrected chi connectivity index (χ0v) is 11.8. The Labute approximate surface area is 118 Å². The summed E-state index contributed by atoms with van der Waals surface area (Å²) in [5.74, 6) is 0.664. The van der Waals surface area contributed by atoms with E-state index in [1.807, 2.05) is 19.1 Å². The summed E-state index contributed by atoms with van der Waals surface area (Å²) in [7, 11) is 0. The van der Waals surface area contributed by atoms with E-state index in [1.54, 1.807) is 0 Å². The Morgan fingerprint density at radius 1 is 1.20 bits per heavy atom. The van der Waals surface area contributed by atoms with Crippen molar-refractivity contribution in [2.24, 2.45) is 0 Å². The van der Waals surface area contributed by atoms with Gasteiger partial charge in [0.25, 0.3) is 0 Å². The molecule has 1 aliphatic rings. The first-order chi connectivity index (χ1) is 9.49. The van der Waals surface area contributed by atoms with Crippen LogP contribution < -0.4 is 5.32 Å². The summed E-state index contributed by atoms with van der Waals surface area (Å²) in [5, 5.41) is 3.15. The van der Waals surface area contributed by atoms with Crippen LogP contribution in [-0.2, 0) is 0 Å². The van der Waals surface area contributed by atoms with Crippen molar-refractivity contribution in [1.82, 2.24) is 5.32 Å². The number of halogens is 3. The number of hydrogen-bond donors (Lipinski definition) is 1. The van der Waals surface area contributed by atoms with Crippen LogP contribution in [0.25, 0.3) is 0 Å². The van der Waals surface area contributed by atoms with Crippen molar-refractivity contribution in [3.63, 3.8) is 0 Å². The van der Waals surface area contributed by atoms with Crippen molar-refractivity contribution in [3.05, 3.63) is 35.4 Å². The molecule has 0 radical (unpaired) electrons. The predicted molar refractivity (Wildman–Crippen MR) is 74.7 cm³/mol. The second kappa shape index (κ2) is 6.61. The summed E-state index contributed by atoms with van der Waals surface area (Å²) in [4.78, 5) is 0. The molecule has 1 aliphatic carbocycles. The zero-order valence-electron chi connectivity index (χ0n) is 11.8. The first kappa shape index (κ1) is 15.4. The van der Waals surface area contributed by atoms with E-state index >= 15 is 0 Å². The molecule has 112 valence electrons. The highest BCUT2D eigenvalue weighted by Gasteiger charge is 2.28. The van der Waals surface area contributed by atoms with Gasteiger partial charge in [0, 0.05) is 12.5 Å². The van der Waals surface area contributed by atoms with Crippen molar-refractivity contribution in [2.45, 2.75) is 57.2 Å². The highest BCUT2D eigenvalue weighted by atomic mass is 19.4. The molecule has 0 aliphatic heterocycles. The monoisotopic (exact) mass is 285 g/mol. The van der Waals surface area contributed by atoms with Crippen LogP contribution in [0.2, 0.25) is 0 Å². The first-order valence-electron chi connectivity index (χ1n) is 7.39. The lowest BCUT2D eigenvalue weighted by atomic mass is 9.80. The van der Waals surface area contributed by atoms with Crippen molar-refractivity contribution in [1.29, 1.82) is 0 Å². The van der Waals surface area contributed by atoms with Crippen LogP contribution >= 0.6 is 0 Å². The van der Waals surface area contributed by atoms with E-state index in [4.69, 9.17) is 0 Å². The van der Waals surface area contributed by atoms with Crippen LogP contribution in [0.4, 0.5) is 13.2 Å². The molecule has 0 aromatic heterocycles. The Morgan fingerprint density at radius 3 is 2.30 bits per heavy atom. The summed E-state index contributed by atoms with van der Waals surface area (Å²) in [6.45, 7) is 2.59. The third kappa shape index (κ3) is 4.23. The highest BCUT2D eigenvalue weighted by Crippen LogP contribution is 2.37. The van der Waals surface area contributed by atoms with Gasteiger partial charge in [-0.2, -0.15) is 13.2 Å². The van der Waals surface area contributed by atoms with Gasteiger partial charge in [-0.05, 0) is 42.9 Å². The van der Waals surface area contributed by atoms with E-state index in [0.29, 0.717) is 12.5 Å². The molecular formula is C16H22F3N. The second-order valence-corrected chi connectivity index (χ2v) is 5.56. The maximum atomic E-state index is 12.4. The van der Waals surface area contributed by atoms with Gasteiger partial charge >= 0.3 is 6.18 Å². The summed E-state index contributed by atoms with van der Waals surface area (Å²) in [5.41, 5.74) is 2.28.